The third-order valence-corrected chi connectivity index (χ3v) is 4.52. The molecule has 0 fully saturated rings. The number of phenols is 2. The molecule has 2 aromatic rings. The second-order valence-electron chi connectivity index (χ2n) is 6.35. The monoisotopic (exact) mass is 339 g/mol. The molecule has 25 heavy (non-hydrogen) atoms. The van der Waals surface area contributed by atoms with Crippen molar-refractivity contribution < 1.29 is 10.2 Å². The van der Waals surface area contributed by atoms with E-state index in [9.17, 15) is 10.2 Å². The fourth-order valence-corrected chi connectivity index (χ4v) is 3.21. The zero-order valence-electron chi connectivity index (χ0n) is 14.9. The standard InChI is InChI=1S/C20H25N3O2/c1-6-10(4)17-11(5)12(21)7-14(24)18(17)19-15(25)8-13(22)16(9(2)3)20(19)23/h6-8,10,24-25H,1-2,21-23H2,3-5H3/t10-/m0/s1. The van der Waals surface area contributed by atoms with Crippen molar-refractivity contribution in [1.82, 2.24) is 0 Å². The van der Waals surface area contributed by atoms with E-state index in [4.69, 9.17) is 17.2 Å². The van der Waals surface area contributed by atoms with E-state index in [1.807, 2.05) is 13.8 Å². The summed E-state index contributed by atoms with van der Waals surface area (Å²) in [6.07, 6.45) is 1.74. The van der Waals surface area contributed by atoms with Gasteiger partial charge in [0, 0.05) is 34.6 Å². The molecule has 0 bridgehead atoms. The molecule has 5 nitrogen and oxygen atoms in total. The minimum absolute atomic E-state index is 0.0637. The lowest BCUT2D eigenvalue weighted by atomic mass is 9.84. The molecule has 0 radical (unpaired) electrons. The maximum absolute atomic E-state index is 10.6. The Kier molecular flexibility index (Phi) is 4.70. The van der Waals surface area contributed by atoms with Crippen LogP contribution in [-0.2, 0) is 0 Å². The van der Waals surface area contributed by atoms with Crippen molar-refractivity contribution in [2.75, 3.05) is 17.2 Å². The maximum Gasteiger partial charge on any atom is 0.127 e. The summed E-state index contributed by atoms with van der Waals surface area (Å²) in [5, 5.41) is 21.1. The van der Waals surface area contributed by atoms with Gasteiger partial charge in [0.05, 0.1) is 11.3 Å². The summed E-state index contributed by atoms with van der Waals surface area (Å²) in [4.78, 5) is 0. The van der Waals surface area contributed by atoms with E-state index in [-0.39, 0.29) is 23.1 Å². The number of aromatic hydroxyl groups is 2. The molecule has 0 saturated carbocycles. The Morgan fingerprint density at radius 2 is 1.60 bits per heavy atom. The highest BCUT2D eigenvalue weighted by atomic mass is 16.3. The zero-order chi connectivity index (χ0) is 19.0. The van der Waals surface area contributed by atoms with E-state index < -0.39 is 0 Å². The smallest absolute Gasteiger partial charge is 0.127 e. The van der Waals surface area contributed by atoms with Gasteiger partial charge in [0.2, 0.25) is 0 Å². The molecule has 0 heterocycles. The molecule has 132 valence electrons. The van der Waals surface area contributed by atoms with Crippen LogP contribution in [-0.4, -0.2) is 10.2 Å². The van der Waals surface area contributed by atoms with Gasteiger partial charge in [-0.1, -0.05) is 19.6 Å². The molecule has 0 aromatic heterocycles. The predicted octanol–water partition coefficient (Wildman–Crippen LogP) is 4.14. The maximum atomic E-state index is 10.6. The zero-order valence-corrected chi connectivity index (χ0v) is 14.9. The van der Waals surface area contributed by atoms with Crippen molar-refractivity contribution in [2.24, 2.45) is 0 Å². The topological polar surface area (TPSA) is 119 Å². The molecule has 2 aromatic carbocycles. The Morgan fingerprint density at radius 1 is 1.08 bits per heavy atom. The van der Waals surface area contributed by atoms with Crippen LogP contribution in [0, 0.1) is 6.92 Å². The lowest BCUT2D eigenvalue weighted by Gasteiger charge is -2.23. The van der Waals surface area contributed by atoms with E-state index in [2.05, 4.69) is 13.2 Å². The Labute approximate surface area is 148 Å². The van der Waals surface area contributed by atoms with Crippen molar-refractivity contribution >= 4 is 22.6 Å². The molecule has 5 heteroatoms. The molecule has 0 aliphatic rings. The number of hydrogen-bond donors (Lipinski definition) is 5. The Balaban J connectivity index is 3.02. The third-order valence-electron chi connectivity index (χ3n) is 4.52. The van der Waals surface area contributed by atoms with Gasteiger partial charge < -0.3 is 27.4 Å². The van der Waals surface area contributed by atoms with Gasteiger partial charge in [-0.25, -0.2) is 0 Å². The lowest BCUT2D eigenvalue weighted by molar-refractivity contribution is 0.469. The summed E-state index contributed by atoms with van der Waals surface area (Å²) in [6.45, 7) is 13.3. The van der Waals surface area contributed by atoms with Crippen LogP contribution in [0.3, 0.4) is 0 Å². The first-order valence-corrected chi connectivity index (χ1v) is 7.93. The largest absolute Gasteiger partial charge is 0.507 e. The Hall–Kier alpha value is -3.08. The SMILES string of the molecule is C=C[C@H](C)c1c(C)c(N)cc(O)c1-c1c(O)cc(N)c(C(=C)C)c1N. The number of allylic oxidation sites excluding steroid dienone is 2. The minimum Gasteiger partial charge on any atom is -0.507 e. The predicted molar refractivity (Wildman–Crippen MR) is 107 cm³/mol. The number of nitrogen functional groups attached to an aromatic ring is 3. The highest BCUT2D eigenvalue weighted by Crippen LogP contribution is 2.49. The molecule has 0 saturated heterocycles. The van der Waals surface area contributed by atoms with Gasteiger partial charge in [-0.05, 0) is 36.5 Å². The lowest BCUT2D eigenvalue weighted by Crippen LogP contribution is -2.06. The number of rotatable bonds is 4. The van der Waals surface area contributed by atoms with Crippen LogP contribution in [0.1, 0.15) is 36.5 Å². The van der Waals surface area contributed by atoms with Gasteiger partial charge >= 0.3 is 0 Å². The number of hydrogen-bond acceptors (Lipinski definition) is 5. The Morgan fingerprint density at radius 3 is 2.12 bits per heavy atom. The van der Waals surface area contributed by atoms with E-state index in [0.717, 1.165) is 11.1 Å². The van der Waals surface area contributed by atoms with E-state index in [0.29, 0.717) is 33.6 Å². The van der Waals surface area contributed by atoms with Gasteiger partial charge in [0.15, 0.2) is 0 Å². The average Bonchev–Trinajstić information content (AvgIpc) is 2.50. The van der Waals surface area contributed by atoms with Crippen molar-refractivity contribution in [3.05, 3.63) is 48.1 Å². The fourth-order valence-electron chi connectivity index (χ4n) is 3.21. The third kappa shape index (κ3) is 2.89. The van der Waals surface area contributed by atoms with Crippen LogP contribution >= 0.6 is 0 Å². The van der Waals surface area contributed by atoms with E-state index in [1.54, 1.807) is 13.0 Å². The van der Waals surface area contributed by atoms with E-state index >= 15 is 0 Å². The van der Waals surface area contributed by atoms with Crippen molar-refractivity contribution in [3.63, 3.8) is 0 Å². The number of nitrogens with two attached hydrogens (primary N) is 3. The van der Waals surface area contributed by atoms with Crippen LogP contribution < -0.4 is 17.2 Å². The van der Waals surface area contributed by atoms with Gasteiger partial charge in [0.1, 0.15) is 11.5 Å². The molecule has 0 aliphatic carbocycles. The summed E-state index contributed by atoms with van der Waals surface area (Å²) in [7, 11) is 0. The van der Waals surface area contributed by atoms with E-state index in [1.165, 1.54) is 12.1 Å². The van der Waals surface area contributed by atoms with Crippen molar-refractivity contribution in [3.8, 4) is 22.6 Å². The number of anilines is 3. The summed E-state index contributed by atoms with van der Waals surface area (Å²) in [6, 6.07) is 2.88. The summed E-state index contributed by atoms with van der Waals surface area (Å²) in [5.74, 6) is -0.294. The molecule has 8 N–H and O–H groups in total. The van der Waals surface area contributed by atoms with Crippen molar-refractivity contribution in [1.29, 1.82) is 0 Å². The van der Waals surface area contributed by atoms with Crippen LogP contribution in [0.2, 0.25) is 0 Å². The normalized spacial score (nSPS) is 12.0. The summed E-state index contributed by atoms with van der Waals surface area (Å²) in [5.41, 5.74) is 22.9. The summed E-state index contributed by atoms with van der Waals surface area (Å²) >= 11 is 0. The minimum atomic E-state index is -0.117. The average molecular weight is 339 g/mol. The first kappa shape index (κ1) is 18.3. The molecule has 0 spiro atoms. The molecule has 2 rings (SSSR count). The summed E-state index contributed by atoms with van der Waals surface area (Å²) < 4.78 is 0. The molecule has 0 aliphatic heterocycles. The van der Waals surface area contributed by atoms with Gasteiger partial charge in [-0.3, -0.25) is 0 Å². The second-order valence-corrected chi connectivity index (χ2v) is 6.35. The highest BCUT2D eigenvalue weighted by molar-refractivity contribution is 5.97. The van der Waals surface area contributed by atoms with Crippen LogP contribution in [0.5, 0.6) is 11.5 Å². The van der Waals surface area contributed by atoms with Crippen LogP contribution in [0.25, 0.3) is 16.7 Å². The number of phenolic OH excluding ortho intramolecular Hbond substituents is 2. The van der Waals surface area contributed by atoms with Gasteiger partial charge in [-0.15, -0.1) is 6.58 Å². The van der Waals surface area contributed by atoms with Crippen molar-refractivity contribution in [2.45, 2.75) is 26.7 Å². The van der Waals surface area contributed by atoms with Crippen LogP contribution in [0.15, 0.2) is 31.4 Å². The quantitative estimate of drug-likeness (QED) is 0.424. The van der Waals surface area contributed by atoms with Gasteiger partial charge in [0.25, 0.3) is 0 Å². The Bertz CT molecular complexity index is 885. The molecule has 1 atom stereocenters. The van der Waals surface area contributed by atoms with Gasteiger partial charge in [-0.2, -0.15) is 0 Å². The molecular formula is C20H25N3O2. The molecule has 0 unspecified atom stereocenters. The highest BCUT2D eigenvalue weighted by Gasteiger charge is 2.25. The number of benzene rings is 2. The molecule has 0 amide bonds. The first-order chi connectivity index (χ1) is 11.6. The van der Waals surface area contributed by atoms with Crippen LogP contribution in [0.4, 0.5) is 17.1 Å². The molecular weight excluding hydrogens is 314 g/mol. The fraction of sp³-hybridized carbons (Fsp3) is 0.200. The second kappa shape index (κ2) is 6.43. The first-order valence-electron chi connectivity index (χ1n) is 7.93.